The van der Waals surface area contributed by atoms with Gasteiger partial charge in [0.2, 0.25) is 5.91 Å². The molecule has 3 rings (SSSR count). The first-order valence-electron chi connectivity index (χ1n) is 8.63. The van der Waals surface area contributed by atoms with Crippen molar-refractivity contribution in [2.24, 2.45) is 5.92 Å². The lowest BCUT2D eigenvalue weighted by Crippen LogP contribution is -2.61. The number of fused-ring (bicyclic) bond motifs is 1. The van der Waals surface area contributed by atoms with Gasteiger partial charge in [0.05, 0.1) is 24.9 Å². The van der Waals surface area contributed by atoms with Crippen LogP contribution in [0.25, 0.3) is 0 Å². The Morgan fingerprint density at radius 3 is 2.43 bits per heavy atom. The molecule has 0 radical (unpaired) electrons. The van der Waals surface area contributed by atoms with Crippen molar-refractivity contribution in [3.05, 3.63) is 0 Å². The van der Waals surface area contributed by atoms with Crippen LogP contribution in [0, 0.1) is 5.92 Å². The van der Waals surface area contributed by atoms with Crippen molar-refractivity contribution in [3.8, 4) is 0 Å². The van der Waals surface area contributed by atoms with Crippen LogP contribution in [-0.4, -0.2) is 48.3 Å². The van der Waals surface area contributed by atoms with E-state index in [-0.39, 0.29) is 23.7 Å². The number of hydrogen-bond donors (Lipinski definition) is 0. The lowest BCUT2D eigenvalue weighted by Gasteiger charge is -2.46. The molecule has 0 unspecified atom stereocenters. The molecule has 4 nitrogen and oxygen atoms in total. The third-order valence-electron chi connectivity index (χ3n) is 5.16. The maximum Gasteiger partial charge on any atom is 0.226 e. The zero-order chi connectivity index (χ0) is 14.9. The molecular weight excluding hydrogens is 266 g/mol. The predicted molar refractivity (Wildman–Crippen MR) is 81.1 cm³/mol. The van der Waals surface area contributed by atoms with E-state index in [0.29, 0.717) is 25.7 Å². The molecule has 2 aliphatic heterocycles. The normalized spacial score (nSPS) is 34.1. The summed E-state index contributed by atoms with van der Waals surface area (Å²) in [6.07, 6.45) is 8.50. The van der Waals surface area contributed by atoms with Gasteiger partial charge in [-0.15, -0.1) is 0 Å². The van der Waals surface area contributed by atoms with E-state index >= 15 is 0 Å². The number of carbonyl (C=O) groups excluding carboxylic acids is 1. The molecular formula is C17H29NO3. The lowest BCUT2D eigenvalue weighted by atomic mass is 9.88. The molecule has 0 spiro atoms. The Morgan fingerprint density at radius 1 is 1.05 bits per heavy atom. The average Bonchev–Trinajstić information content (AvgIpc) is 2.83. The summed E-state index contributed by atoms with van der Waals surface area (Å²) in [6.45, 7) is 6.13. The summed E-state index contributed by atoms with van der Waals surface area (Å²) in [6, 6.07) is 0.135. The average molecular weight is 295 g/mol. The smallest absolute Gasteiger partial charge is 0.226 e. The topological polar surface area (TPSA) is 38.8 Å². The van der Waals surface area contributed by atoms with Gasteiger partial charge >= 0.3 is 0 Å². The molecule has 2 saturated heterocycles. The number of carbonyl (C=O) groups is 1. The third-order valence-corrected chi connectivity index (χ3v) is 5.16. The molecule has 0 bridgehead atoms. The van der Waals surface area contributed by atoms with Gasteiger partial charge in [-0.1, -0.05) is 32.1 Å². The molecule has 3 aliphatic rings. The first-order chi connectivity index (χ1) is 10.1. The highest BCUT2D eigenvalue weighted by Crippen LogP contribution is 2.32. The van der Waals surface area contributed by atoms with E-state index in [2.05, 4.69) is 18.7 Å². The molecule has 0 N–H and O–H groups in total. The summed E-state index contributed by atoms with van der Waals surface area (Å²) in [5.74, 6) is 0.578. The Balaban J connectivity index is 1.71. The van der Waals surface area contributed by atoms with E-state index < -0.39 is 0 Å². The summed E-state index contributed by atoms with van der Waals surface area (Å²) < 4.78 is 11.7. The van der Waals surface area contributed by atoms with E-state index in [4.69, 9.17) is 9.47 Å². The molecule has 2 atom stereocenters. The second-order valence-electron chi connectivity index (χ2n) is 7.53. The van der Waals surface area contributed by atoms with Gasteiger partial charge in [0.1, 0.15) is 6.10 Å². The van der Waals surface area contributed by atoms with Crippen LogP contribution in [0.3, 0.4) is 0 Å². The Labute approximate surface area is 128 Å². The molecule has 0 aromatic rings. The molecule has 1 amide bonds. The molecule has 0 aromatic heterocycles. The molecule has 4 heteroatoms. The molecule has 1 aliphatic carbocycles. The van der Waals surface area contributed by atoms with Crippen LogP contribution in [0.1, 0.15) is 58.8 Å². The SMILES string of the molecule is CC1(C)CN(C(=O)C2CCCCCCC2)[C@@H]2COC[C@H]2O1. The maximum atomic E-state index is 13.1. The van der Waals surface area contributed by atoms with Crippen LogP contribution in [0.4, 0.5) is 0 Å². The van der Waals surface area contributed by atoms with Gasteiger partial charge in [-0.3, -0.25) is 4.79 Å². The Kier molecular flexibility index (Phi) is 4.55. The van der Waals surface area contributed by atoms with E-state index in [9.17, 15) is 4.79 Å². The minimum absolute atomic E-state index is 0.0613. The molecule has 3 fully saturated rings. The van der Waals surface area contributed by atoms with E-state index in [1.54, 1.807) is 0 Å². The van der Waals surface area contributed by atoms with Crippen molar-refractivity contribution < 1.29 is 14.3 Å². The second kappa shape index (κ2) is 6.25. The highest BCUT2D eigenvalue weighted by atomic mass is 16.6. The molecule has 1 saturated carbocycles. The molecule has 2 heterocycles. The van der Waals surface area contributed by atoms with Crippen LogP contribution >= 0.6 is 0 Å². The van der Waals surface area contributed by atoms with Gasteiger partial charge in [0.25, 0.3) is 0 Å². The summed E-state index contributed by atoms with van der Waals surface area (Å²) in [4.78, 5) is 15.2. The van der Waals surface area contributed by atoms with Crippen LogP contribution in [0.2, 0.25) is 0 Å². The van der Waals surface area contributed by atoms with Crippen molar-refractivity contribution >= 4 is 5.91 Å². The molecule has 0 aromatic carbocycles. The molecule has 120 valence electrons. The van der Waals surface area contributed by atoms with Crippen molar-refractivity contribution in [2.75, 3.05) is 19.8 Å². The van der Waals surface area contributed by atoms with E-state index in [0.717, 1.165) is 12.8 Å². The fourth-order valence-electron chi connectivity index (χ4n) is 4.08. The van der Waals surface area contributed by atoms with Gasteiger partial charge in [0, 0.05) is 12.5 Å². The Hall–Kier alpha value is -0.610. The highest BCUT2D eigenvalue weighted by molar-refractivity contribution is 5.79. The first-order valence-corrected chi connectivity index (χ1v) is 8.63. The van der Waals surface area contributed by atoms with E-state index in [1.807, 2.05) is 0 Å². The number of morpholine rings is 1. The maximum absolute atomic E-state index is 13.1. The predicted octanol–water partition coefficient (Wildman–Crippen LogP) is 2.75. The molecule has 21 heavy (non-hydrogen) atoms. The van der Waals surface area contributed by atoms with Crippen LogP contribution < -0.4 is 0 Å². The monoisotopic (exact) mass is 295 g/mol. The number of amides is 1. The minimum Gasteiger partial charge on any atom is -0.376 e. The number of ether oxygens (including phenoxy) is 2. The number of rotatable bonds is 1. The summed E-state index contributed by atoms with van der Waals surface area (Å²) >= 11 is 0. The lowest BCUT2D eigenvalue weighted by molar-refractivity contribution is -0.172. The summed E-state index contributed by atoms with van der Waals surface area (Å²) in [7, 11) is 0. The van der Waals surface area contributed by atoms with Crippen molar-refractivity contribution in [1.82, 2.24) is 4.90 Å². The number of hydrogen-bond acceptors (Lipinski definition) is 3. The van der Waals surface area contributed by atoms with Crippen molar-refractivity contribution in [1.29, 1.82) is 0 Å². The largest absolute Gasteiger partial charge is 0.376 e. The van der Waals surface area contributed by atoms with Gasteiger partial charge in [0.15, 0.2) is 0 Å². The second-order valence-corrected chi connectivity index (χ2v) is 7.53. The fourth-order valence-corrected chi connectivity index (χ4v) is 4.08. The minimum atomic E-state index is -0.258. The zero-order valence-corrected chi connectivity index (χ0v) is 13.5. The highest BCUT2D eigenvalue weighted by Gasteiger charge is 2.46. The van der Waals surface area contributed by atoms with Crippen LogP contribution in [0.5, 0.6) is 0 Å². The van der Waals surface area contributed by atoms with Crippen molar-refractivity contribution in [2.45, 2.75) is 76.5 Å². The summed E-state index contributed by atoms with van der Waals surface area (Å²) in [5.41, 5.74) is -0.258. The van der Waals surface area contributed by atoms with Gasteiger partial charge in [-0.05, 0) is 26.7 Å². The Bertz CT molecular complexity index is 374. The van der Waals surface area contributed by atoms with Crippen LogP contribution in [-0.2, 0) is 14.3 Å². The van der Waals surface area contributed by atoms with Crippen molar-refractivity contribution in [3.63, 3.8) is 0 Å². The number of nitrogens with zero attached hydrogens (tertiary/aromatic N) is 1. The quantitative estimate of drug-likeness (QED) is 0.746. The van der Waals surface area contributed by atoms with Crippen LogP contribution in [0.15, 0.2) is 0 Å². The Morgan fingerprint density at radius 2 is 1.71 bits per heavy atom. The summed E-state index contributed by atoms with van der Waals surface area (Å²) in [5, 5.41) is 0. The fraction of sp³-hybridized carbons (Fsp3) is 0.941. The standard InChI is InChI=1S/C17H29NO3/c1-17(2)12-18(14-10-20-11-15(14)21-17)16(19)13-8-6-4-3-5-7-9-13/h13-15H,3-12H2,1-2H3/t14-,15-/m1/s1. The first kappa shape index (κ1) is 15.3. The van der Waals surface area contributed by atoms with Gasteiger partial charge in [-0.25, -0.2) is 0 Å². The van der Waals surface area contributed by atoms with Gasteiger partial charge in [-0.2, -0.15) is 0 Å². The zero-order valence-electron chi connectivity index (χ0n) is 13.5. The third kappa shape index (κ3) is 3.42. The van der Waals surface area contributed by atoms with E-state index in [1.165, 1.54) is 32.1 Å². The van der Waals surface area contributed by atoms with Gasteiger partial charge < -0.3 is 14.4 Å².